The van der Waals surface area contributed by atoms with Gasteiger partial charge in [0.2, 0.25) is 0 Å². The van der Waals surface area contributed by atoms with E-state index in [0.717, 1.165) is 11.4 Å². The van der Waals surface area contributed by atoms with Crippen LogP contribution in [0, 0.1) is 12.7 Å². The summed E-state index contributed by atoms with van der Waals surface area (Å²) >= 11 is 0. The molecule has 3 nitrogen and oxygen atoms in total. The molecule has 0 spiro atoms. The van der Waals surface area contributed by atoms with Crippen LogP contribution in [-0.4, -0.2) is 10.4 Å². The van der Waals surface area contributed by atoms with E-state index in [4.69, 9.17) is 0 Å². The molecule has 0 aliphatic heterocycles. The van der Waals surface area contributed by atoms with E-state index in [9.17, 15) is 9.18 Å². The van der Waals surface area contributed by atoms with Crippen molar-refractivity contribution < 1.29 is 13.8 Å². The average Bonchev–Trinajstić information content (AvgIpc) is 2.64. The van der Waals surface area contributed by atoms with Crippen molar-refractivity contribution in [3.63, 3.8) is 0 Å². The summed E-state index contributed by atoms with van der Waals surface area (Å²) in [5, 5.41) is 0. The summed E-state index contributed by atoms with van der Waals surface area (Å²) in [4.78, 5) is 11.1. The Hall–Kier alpha value is -1.97. The first-order valence-corrected chi connectivity index (χ1v) is 5.85. The molecule has 1 aromatic carbocycles. The number of ketones is 1. The predicted octanol–water partition coefficient (Wildman–Crippen LogP) is 1.86. The van der Waals surface area contributed by atoms with Gasteiger partial charge in [0.05, 0.1) is 0 Å². The smallest absolute Gasteiger partial charge is 0.253 e. The van der Waals surface area contributed by atoms with E-state index < -0.39 is 0 Å². The van der Waals surface area contributed by atoms with Gasteiger partial charge in [0.1, 0.15) is 31.3 Å². The van der Waals surface area contributed by atoms with E-state index in [1.165, 1.54) is 12.1 Å². The van der Waals surface area contributed by atoms with Gasteiger partial charge in [-0.3, -0.25) is 4.79 Å². The zero-order valence-corrected chi connectivity index (χ0v) is 10.6. The van der Waals surface area contributed by atoms with E-state index >= 15 is 0 Å². The van der Waals surface area contributed by atoms with Crippen molar-refractivity contribution >= 4 is 5.78 Å². The number of aromatic nitrogens is 2. The van der Waals surface area contributed by atoms with Gasteiger partial charge in [0.25, 0.3) is 5.82 Å². The molecule has 0 unspecified atom stereocenters. The maximum atomic E-state index is 12.8. The molecule has 4 heteroatoms. The molecular weight excluding hydrogens is 231 g/mol. The minimum Gasteiger partial charge on any atom is -0.296 e. The Morgan fingerprint density at radius 3 is 2.61 bits per heavy atom. The van der Waals surface area contributed by atoms with Gasteiger partial charge in [-0.15, -0.1) is 0 Å². The molecule has 94 valence electrons. The highest BCUT2D eigenvalue weighted by atomic mass is 19.1. The van der Waals surface area contributed by atoms with E-state index in [-0.39, 0.29) is 11.6 Å². The lowest BCUT2D eigenvalue weighted by Gasteiger charge is -2.01. The van der Waals surface area contributed by atoms with Gasteiger partial charge in [0.15, 0.2) is 5.78 Å². The molecule has 2 rings (SSSR count). The molecule has 18 heavy (non-hydrogen) atoms. The molecule has 0 atom stereocenters. The monoisotopic (exact) mass is 247 g/mol. The van der Waals surface area contributed by atoms with Crippen LogP contribution in [-0.2, 0) is 17.9 Å². The van der Waals surface area contributed by atoms with Crippen LogP contribution >= 0.6 is 0 Å². The van der Waals surface area contributed by atoms with Crippen molar-refractivity contribution in [3.05, 3.63) is 53.9 Å². The zero-order chi connectivity index (χ0) is 13.1. The number of halogens is 1. The van der Waals surface area contributed by atoms with Crippen LogP contribution in [0.25, 0.3) is 0 Å². The molecule has 0 saturated carbocycles. The van der Waals surface area contributed by atoms with Crippen LogP contribution in [0.5, 0.6) is 0 Å². The molecule has 0 fully saturated rings. The Balaban J connectivity index is 2.17. The topological polar surface area (TPSA) is 25.9 Å². The van der Waals surface area contributed by atoms with E-state index in [1.807, 2.05) is 28.5 Å². The molecular formula is C14H16FN2O+. The summed E-state index contributed by atoms with van der Waals surface area (Å²) in [7, 11) is 0. The minimum absolute atomic E-state index is 0.127. The number of rotatable bonds is 4. The number of benzene rings is 1. The third-order valence-corrected chi connectivity index (χ3v) is 2.92. The van der Waals surface area contributed by atoms with E-state index in [2.05, 4.69) is 0 Å². The fourth-order valence-electron chi connectivity index (χ4n) is 1.90. The Labute approximate surface area is 105 Å². The predicted molar refractivity (Wildman–Crippen MR) is 65.5 cm³/mol. The maximum Gasteiger partial charge on any atom is 0.253 e. The van der Waals surface area contributed by atoms with Crippen molar-refractivity contribution in [1.82, 2.24) is 4.57 Å². The normalized spacial score (nSPS) is 10.6. The van der Waals surface area contributed by atoms with Crippen LogP contribution in [0.1, 0.15) is 18.3 Å². The number of hydrogen-bond donors (Lipinski definition) is 0. The second kappa shape index (κ2) is 5.12. The van der Waals surface area contributed by atoms with Gasteiger partial charge in [-0.05, 0) is 24.6 Å². The fourth-order valence-corrected chi connectivity index (χ4v) is 1.90. The maximum absolute atomic E-state index is 12.8. The van der Waals surface area contributed by atoms with Crippen molar-refractivity contribution in [3.8, 4) is 0 Å². The van der Waals surface area contributed by atoms with Gasteiger partial charge in [-0.2, -0.15) is 0 Å². The van der Waals surface area contributed by atoms with Crippen molar-refractivity contribution in [1.29, 1.82) is 0 Å². The lowest BCUT2D eigenvalue weighted by atomic mass is 10.2. The van der Waals surface area contributed by atoms with Crippen molar-refractivity contribution in [2.24, 2.45) is 0 Å². The summed E-state index contributed by atoms with van der Waals surface area (Å²) in [6.07, 6.45) is 3.82. The van der Waals surface area contributed by atoms with Crippen LogP contribution in [0.2, 0.25) is 0 Å². The highest BCUT2D eigenvalue weighted by Crippen LogP contribution is 2.03. The number of nitrogens with zero attached hydrogens (tertiary/aromatic N) is 2. The molecule has 2 aromatic rings. The second-order valence-corrected chi connectivity index (χ2v) is 4.43. The van der Waals surface area contributed by atoms with Crippen LogP contribution in [0.15, 0.2) is 36.7 Å². The molecule has 0 saturated heterocycles. The molecule has 0 aliphatic carbocycles. The Kier molecular flexibility index (Phi) is 3.55. The van der Waals surface area contributed by atoms with Gasteiger partial charge in [0, 0.05) is 6.92 Å². The molecule has 0 radical (unpaired) electrons. The number of carbonyl (C=O) groups excluding carboxylic acids is 1. The van der Waals surface area contributed by atoms with E-state index in [0.29, 0.717) is 13.1 Å². The molecule has 1 heterocycles. The summed E-state index contributed by atoms with van der Waals surface area (Å²) in [6, 6.07) is 6.45. The standard InChI is InChI=1S/C14H16FN2O/c1-11(18)9-16-7-8-17(12(16)2)10-13-3-5-14(15)6-4-13/h3-8H,9-10H2,1-2H3/q+1. The summed E-state index contributed by atoms with van der Waals surface area (Å²) in [5.41, 5.74) is 1.03. The molecule has 1 aromatic heterocycles. The highest BCUT2D eigenvalue weighted by Gasteiger charge is 2.13. The van der Waals surface area contributed by atoms with Gasteiger partial charge < -0.3 is 0 Å². The number of hydrogen-bond acceptors (Lipinski definition) is 1. The number of Topliss-reactive ketones (excluding diaryl/α,β-unsaturated/α-hetero) is 1. The third kappa shape index (κ3) is 2.83. The van der Waals surface area contributed by atoms with Crippen molar-refractivity contribution in [2.75, 3.05) is 0 Å². The van der Waals surface area contributed by atoms with Crippen molar-refractivity contribution in [2.45, 2.75) is 26.9 Å². The summed E-state index contributed by atoms with van der Waals surface area (Å²) < 4.78 is 16.8. The Morgan fingerprint density at radius 1 is 1.33 bits per heavy atom. The lowest BCUT2D eigenvalue weighted by molar-refractivity contribution is -0.693. The molecule has 0 bridgehead atoms. The second-order valence-electron chi connectivity index (χ2n) is 4.43. The minimum atomic E-state index is -0.227. The first kappa shape index (κ1) is 12.5. The van der Waals surface area contributed by atoms with Crippen LogP contribution in [0.4, 0.5) is 4.39 Å². The zero-order valence-electron chi connectivity index (χ0n) is 10.6. The van der Waals surface area contributed by atoms with Crippen LogP contribution in [0.3, 0.4) is 0 Å². The highest BCUT2D eigenvalue weighted by molar-refractivity contribution is 5.75. The Bertz CT molecular complexity index is 558. The molecule has 0 amide bonds. The SMILES string of the molecule is CC(=O)Cn1cc[n+](Cc2ccc(F)cc2)c1C. The Morgan fingerprint density at radius 2 is 2.00 bits per heavy atom. The summed E-state index contributed by atoms with van der Waals surface area (Å²) in [5.74, 6) is 0.909. The number of imidazole rings is 1. The first-order chi connectivity index (χ1) is 8.56. The largest absolute Gasteiger partial charge is 0.296 e. The summed E-state index contributed by atoms with van der Waals surface area (Å²) in [6.45, 7) is 4.61. The quantitative estimate of drug-likeness (QED) is 0.757. The average molecular weight is 247 g/mol. The molecule has 0 aliphatic rings. The van der Waals surface area contributed by atoms with Gasteiger partial charge >= 0.3 is 0 Å². The third-order valence-electron chi connectivity index (χ3n) is 2.92. The van der Waals surface area contributed by atoms with Gasteiger partial charge in [-0.25, -0.2) is 13.5 Å². The van der Waals surface area contributed by atoms with Gasteiger partial charge in [-0.1, -0.05) is 12.1 Å². The first-order valence-electron chi connectivity index (χ1n) is 5.85. The van der Waals surface area contributed by atoms with Crippen LogP contribution < -0.4 is 4.57 Å². The lowest BCUT2D eigenvalue weighted by Crippen LogP contribution is -2.36. The fraction of sp³-hybridized carbons (Fsp3) is 0.286. The number of carbonyl (C=O) groups is 1. The molecule has 0 N–H and O–H groups in total. The van der Waals surface area contributed by atoms with E-state index in [1.54, 1.807) is 19.1 Å².